The molecular formula is C23H34O3. The third-order valence-corrected chi connectivity index (χ3v) is 9.41. The van der Waals surface area contributed by atoms with Crippen LogP contribution in [0.25, 0.3) is 0 Å². The zero-order chi connectivity index (χ0) is 18.4. The molecule has 0 amide bonds. The highest BCUT2D eigenvalue weighted by Gasteiger charge is 2.71. The summed E-state index contributed by atoms with van der Waals surface area (Å²) < 4.78 is 12.1. The number of hydrogen-bond acceptors (Lipinski definition) is 3. The summed E-state index contributed by atoms with van der Waals surface area (Å²) in [6.45, 7) is 13.4. The Labute approximate surface area is 157 Å². The Morgan fingerprint density at radius 1 is 1.31 bits per heavy atom. The number of rotatable bonds is 3. The SMILES string of the molecule is C=C1CC2(CO1)CC1CC2C2C3CC(C(C)C3OC(=O)C(C)(C)CC)C12. The predicted molar refractivity (Wildman–Crippen MR) is 100 cm³/mol. The molecule has 4 aliphatic carbocycles. The molecule has 0 radical (unpaired) electrons. The van der Waals surface area contributed by atoms with E-state index in [-0.39, 0.29) is 17.5 Å². The molecule has 5 fully saturated rings. The van der Waals surface area contributed by atoms with Crippen LogP contribution in [0.3, 0.4) is 0 Å². The van der Waals surface area contributed by atoms with E-state index in [0.29, 0.717) is 17.3 Å². The molecule has 5 rings (SSSR count). The van der Waals surface area contributed by atoms with E-state index in [1.807, 2.05) is 13.8 Å². The normalized spacial score (nSPS) is 51.2. The molecule has 1 aliphatic heterocycles. The lowest BCUT2D eigenvalue weighted by Crippen LogP contribution is -2.48. The van der Waals surface area contributed by atoms with Crippen molar-refractivity contribution in [1.29, 1.82) is 0 Å². The maximum atomic E-state index is 12.8. The zero-order valence-corrected chi connectivity index (χ0v) is 16.8. The van der Waals surface area contributed by atoms with Crippen molar-refractivity contribution < 1.29 is 14.3 Å². The lowest BCUT2D eigenvalue weighted by molar-refractivity contribution is -0.169. The molecule has 0 aromatic rings. The first kappa shape index (κ1) is 17.1. The van der Waals surface area contributed by atoms with Crippen LogP contribution in [-0.4, -0.2) is 18.7 Å². The molecule has 0 N–H and O–H groups in total. The number of carbonyl (C=O) groups is 1. The van der Waals surface area contributed by atoms with Gasteiger partial charge in [0.25, 0.3) is 0 Å². The Morgan fingerprint density at radius 3 is 2.73 bits per heavy atom. The summed E-state index contributed by atoms with van der Waals surface area (Å²) in [5.74, 6) is 6.17. The Hall–Kier alpha value is -0.990. The van der Waals surface area contributed by atoms with Crippen molar-refractivity contribution in [3.05, 3.63) is 12.3 Å². The van der Waals surface area contributed by atoms with Crippen LogP contribution in [-0.2, 0) is 14.3 Å². The highest BCUT2D eigenvalue weighted by molar-refractivity contribution is 5.76. The van der Waals surface area contributed by atoms with Gasteiger partial charge in [-0.15, -0.1) is 0 Å². The van der Waals surface area contributed by atoms with E-state index in [1.54, 1.807) is 0 Å². The molecule has 0 aromatic carbocycles. The van der Waals surface area contributed by atoms with Crippen LogP contribution in [0, 0.1) is 52.3 Å². The summed E-state index contributed by atoms with van der Waals surface area (Å²) in [5.41, 5.74) is -0.0121. The number of esters is 1. The Morgan fingerprint density at radius 2 is 2.08 bits per heavy atom. The van der Waals surface area contributed by atoms with Crippen molar-refractivity contribution >= 4 is 5.97 Å². The van der Waals surface area contributed by atoms with E-state index >= 15 is 0 Å². The van der Waals surface area contributed by atoms with Crippen LogP contribution in [0.2, 0.25) is 0 Å². The maximum absolute atomic E-state index is 12.8. The number of hydrogen-bond donors (Lipinski definition) is 0. The molecule has 144 valence electrons. The fourth-order valence-corrected chi connectivity index (χ4v) is 7.91. The van der Waals surface area contributed by atoms with Gasteiger partial charge < -0.3 is 9.47 Å². The van der Waals surface area contributed by atoms with Gasteiger partial charge in [-0.05, 0) is 81.0 Å². The average molecular weight is 359 g/mol. The van der Waals surface area contributed by atoms with Crippen LogP contribution in [0.1, 0.15) is 59.8 Å². The highest BCUT2D eigenvalue weighted by Crippen LogP contribution is 2.74. The van der Waals surface area contributed by atoms with Crippen molar-refractivity contribution in [2.45, 2.75) is 65.9 Å². The van der Waals surface area contributed by atoms with E-state index in [9.17, 15) is 4.79 Å². The molecule has 1 saturated heterocycles. The molecule has 4 bridgehead atoms. The molecule has 3 heteroatoms. The van der Waals surface area contributed by atoms with Gasteiger partial charge in [-0.3, -0.25) is 4.79 Å². The van der Waals surface area contributed by atoms with Gasteiger partial charge in [-0.25, -0.2) is 0 Å². The van der Waals surface area contributed by atoms with Crippen molar-refractivity contribution in [3.8, 4) is 0 Å². The van der Waals surface area contributed by atoms with Gasteiger partial charge in [0.1, 0.15) is 6.10 Å². The van der Waals surface area contributed by atoms with E-state index < -0.39 is 0 Å². The van der Waals surface area contributed by atoms with Crippen LogP contribution in [0.4, 0.5) is 0 Å². The average Bonchev–Trinajstić information content (AvgIpc) is 3.36. The largest absolute Gasteiger partial charge is 0.498 e. The first-order valence-electron chi connectivity index (χ1n) is 10.8. The first-order chi connectivity index (χ1) is 12.3. The number of fused-ring (bicyclic) bond motifs is 10. The van der Waals surface area contributed by atoms with Crippen LogP contribution in [0.15, 0.2) is 12.3 Å². The topological polar surface area (TPSA) is 35.5 Å². The molecule has 9 atom stereocenters. The van der Waals surface area contributed by atoms with E-state index in [1.165, 1.54) is 19.3 Å². The Kier molecular flexibility index (Phi) is 3.49. The Balaban J connectivity index is 1.39. The van der Waals surface area contributed by atoms with E-state index in [0.717, 1.165) is 54.8 Å². The second-order valence-corrected chi connectivity index (χ2v) is 10.9. The van der Waals surface area contributed by atoms with Crippen LogP contribution >= 0.6 is 0 Å². The van der Waals surface area contributed by atoms with Gasteiger partial charge in [0.2, 0.25) is 0 Å². The van der Waals surface area contributed by atoms with Gasteiger partial charge in [0.15, 0.2) is 0 Å². The lowest BCUT2D eigenvalue weighted by atomic mass is 9.58. The predicted octanol–water partition coefficient (Wildman–Crippen LogP) is 4.81. The van der Waals surface area contributed by atoms with Crippen LogP contribution < -0.4 is 0 Å². The summed E-state index contributed by atoms with van der Waals surface area (Å²) >= 11 is 0. The van der Waals surface area contributed by atoms with Crippen molar-refractivity contribution in [1.82, 2.24) is 0 Å². The minimum atomic E-state index is -0.367. The first-order valence-corrected chi connectivity index (χ1v) is 10.8. The maximum Gasteiger partial charge on any atom is 0.311 e. The van der Waals surface area contributed by atoms with Gasteiger partial charge in [0, 0.05) is 11.8 Å². The van der Waals surface area contributed by atoms with Gasteiger partial charge >= 0.3 is 5.97 Å². The quantitative estimate of drug-likeness (QED) is 0.536. The molecule has 9 unspecified atom stereocenters. The van der Waals surface area contributed by atoms with Gasteiger partial charge in [-0.1, -0.05) is 20.4 Å². The summed E-state index contributed by atoms with van der Waals surface area (Å²) in [6, 6.07) is 0. The molecule has 1 heterocycles. The van der Waals surface area contributed by atoms with E-state index in [2.05, 4.69) is 20.4 Å². The number of carbonyl (C=O) groups excluding carboxylic acids is 1. The zero-order valence-electron chi connectivity index (χ0n) is 16.8. The van der Waals surface area contributed by atoms with Crippen molar-refractivity contribution in [3.63, 3.8) is 0 Å². The standard InChI is InChI=1S/C23H34O3/c1-6-22(4,5)21(24)26-20-13(3)15-8-16(20)19-17-7-14(18(15)19)10-23(17)9-12(2)25-11-23/h13-20H,2,6-11H2,1,3-5H3. The Bertz CT molecular complexity index is 652. The second kappa shape index (κ2) is 5.29. The lowest BCUT2D eigenvalue weighted by Gasteiger charge is -2.47. The molecule has 5 aliphatic rings. The smallest absolute Gasteiger partial charge is 0.311 e. The monoisotopic (exact) mass is 358 g/mol. The molecule has 26 heavy (non-hydrogen) atoms. The highest BCUT2D eigenvalue weighted by atomic mass is 16.5. The number of ether oxygens (including phenoxy) is 2. The number of allylic oxidation sites excluding steroid dienone is 1. The summed E-state index contributed by atoms with van der Waals surface area (Å²) in [7, 11) is 0. The minimum absolute atomic E-state index is 0.0106. The van der Waals surface area contributed by atoms with Crippen molar-refractivity contribution in [2.24, 2.45) is 52.3 Å². The van der Waals surface area contributed by atoms with Gasteiger partial charge in [0.05, 0.1) is 17.8 Å². The van der Waals surface area contributed by atoms with Crippen molar-refractivity contribution in [2.75, 3.05) is 6.61 Å². The van der Waals surface area contributed by atoms with Crippen LogP contribution in [0.5, 0.6) is 0 Å². The minimum Gasteiger partial charge on any atom is -0.498 e. The summed E-state index contributed by atoms with van der Waals surface area (Å²) in [4.78, 5) is 12.8. The molecule has 4 saturated carbocycles. The summed E-state index contributed by atoms with van der Waals surface area (Å²) in [6.07, 6.45) is 6.05. The van der Waals surface area contributed by atoms with Gasteiger partial charge in [-0.2, -0.15) is 0 Å². The molecular weight excluding hydrogens is 324 g/mol. The fourth-order valence-electron chi connectivity index (χ4n) is 7.91. The molecule has 1 spiro atoms. The summed E-state index contributed by atoms with van der Waals surface area (Å²) in [5, 5.41) is 0. The second-order valence-electron chi connectivity index (χ2n) is 10.9. The fraction of sp³-hybridized carbons (Fsp3) is 0.870. The third-order valence-electron chi connectivity index (χ3n) is 9.41. The third kappa shape index (κ3) is 2.04. The van der Waals surface area contributed by atoms with E-state index in [4.69, 9.17) is 9.47 Å². The molecule has 0 aromatic heterocycles. The molecule has 3 nitrogen and oxygen atoms in total.